The predicted octanol–water partition coefficient (Wildman–Crippen LogP) is -2.44. The second-order valence-electron chi connectivity index (χ2n) is 10.7. The lowest BCUT2D eigenvalue weighted by molar-refractivity contribution is -0.0891. The smallest absolute Gasteiger partial charge is 0.392 e. The fourth-order valence-corrected chi connectivity index (χ4v) is 8.01. The van der Waals surface area contributed by atoms with Gasteiger partial charge in [0.2, 0.25) is 0 Å². The van der Waals surface area contributed by atoms with Crippen LogP contribution < -0.4 is 11.5 Å². The molecule has 2 fully saturated rings. The number of hydrogen-bond donors (Lipinski definition) is 10. The average Bonchev–Trinajstić information content (AvgIpc) is 3.80. The van der Waals surface area contributed by atoms with Crippen molar-refractivity contribution in [1.29, 1.82) is 0 Å². The summed E-state index contributed by atoms with van der Waals surface area (Å²) in [5.74, 6) is 2.20. The van der Waals surface area contributed by atoms with E-state index in [1.165, 1.54) is 21.8 Å². The number of phosphoric acid groups is 3. The third-order valence-electron chi connectivity index (χ3n) is 7.34. The first-order valence-electron chi connectivity index (χ1n) is 14.0. The maximum absolute atomic E-state index is 13.3. The van der Waals surface area contributed by atoms with Crippen molar-refractivity contribution in [2.24, 2.45) is 0 Å². The number of phosphoric ester groups is 1. The number of nitrogens with two attached hydrogens (primary N) is 2. The topological polar surface area (TPSA) is 398 Å². The Kier molecular flexibility index (Phi) is 11.1. The molecule has 12 N–H and O–H groups in total. The Morgan fingerprint density at radius 1 is 0.942 bits per heavy atom. The van der Waals surface area contributed by atoms with Crippen LogP contribution in [0.15, 0.2) is 19.0 Å². The van der Waals surface area contributed by atoms with Gasteiger partial charge in [0.15, 0.2) is 40.3 Å². The molecule has 0 amide bonds. The van der Waals surface area contributed by atoms with E-state index in [2.05, 4.69) is 49.0 Å². The minimum absolute atomic E-state index is 0.0426. The monoisotopic (exact) mass is 800 g/mol. The summed E-state index contributed by atoms with van der Waals surface area (Å²) in [6, 6.07) is 0. The molecule has 52 heavy (non-hydrogen) atoms. The van der Waals surface area contributed by atoms with Crippen LogP contribution >= 0.6 is 23.5 Å². The van der Waals surface area contributed by atoms with E-state index in [1.54, 1.807) is 0 Å². The number of nitrogen functional groups attached to an aromatic ring is 2. The van der Waals surface area contributed by atoms with Gasteiger partial charge in [-0.3, -0.25) is 13.7 Å². The van der Waals surface area contributed by atoms with Crippen LogP contribution in [0.25, 0.3) is 22.3 Å². The molecule has 2 aliphatic heterocycles. The SMILES string of the molecule is C#C[C@]1(CO)O[C@@H](n2cnc3c(N)nc(F)nc32)C[C@@H]1O.Nc1ncnc2c1ncn2[C@@H]1O[C@H](COP(=O)(O)OP(=O)(O)OP(=O)(O)O)[C@@H](O)[C@H]1O. The maximum atomic E-state index is 13.3. The molecular formula is C22H28FN10O16P3. The van der Waals surface area contributed by atoms with Gasteiger partial charge in [0, 0.05) is 6.42 Å². The number of nitrogens with zero attached hydrogens (tertiary/aromatic N) is 8. The number of rotatable bonds is 10. The molecule has 2 saturated heterocycles. The quantitative estimate of drug-likeness (QED) is 0.0452. The van der Waals surface area contributed by atoms with Gasteiger partial charge in [-0.2, -0.15) is 23.0 Å². The van der Waals surface area contributed by atoms with Gasteiger partial charge in [0.1, 0.15) is 42.5 Å². The van der Waals surface area contributed by atoms with Crippen LogP contribution in [0, 0.1) is 18.4 Å². The number of fused-ring (bicyclic) bond motifs is 2. The molecule has 4 aromatic rings. The molecule has 6 rings (SSSR count). The van der Waals surface area contributed by atoms with E-state index >= 15 is 0 Å². The number of aliphatic hydroxyl groups excluding tert-OH is 4. The van der Waals surface area contributed by atoms with E-state index in [0.717, 1.165) is 6.33 Å². The highest BCUT2D eigenvalue weighted by atomic mass is 31.3. The lowest BCUT2D eigenvalue weighted by Gasteiger charge is -2.23. The van der Waals surface area contributed by atoms with Gasteiger partial charge < -0.3 is 60.9 Å². The van der Waals surface area contributed by atoms with Crippen molar-refractivity contribution in [3.8, 4) is 12.3 Å². The maximum Gasteiger partial charge on any atom is 0.490 e. The third kappa shape index (κ3) is 8.28. The first kappa shape index (κ1) is 39.6. The Morgan fingerprint density at radius 2 is 1.60 bits per heavy atom. The van der Waals surface area contributed by atoms with Crippen molar-refractivity contribution in [2.75, 3.05) is 24.7 Å². The standard InChI is InChI=1S/C12H12FN5O3.C10H16N5O13P3/c1-2-12(4-19)6(20)3-7(21-12)18-5-15-8-9(14)16-11(13)17-10(8)18;11-8-5-9(13-2-12-8)15(3-14-5)10-7(17)6(16)4(26-10)1-25-30(21,22)28-31(23,24)27-29(18,19)20/h1,5-7,19-20H,3-4H2,(H2,14,16,17);2-4,6-7,10,16-17H,1H2,(H,21,22)(H,23,24)(H2,11,12,13)(H2,18,19,20)/t6-,7+,12+;4-,6-,7-,10-/m01/s1. The van der Waals surface area contributed by atoms with Crippen molar-refractivity contribution in [3.05, 3.63) is 25.1 Å². The highest BCUT2D eigenvalue weighted by Crippen LogP contribution is 2.66. The van der Waals surface area contributed by atoms with E-state index in [9.17, 15) is 43.4 Å². The molecule has 0 aliphatic carbocycles. The second-order valence-corrected chi connectivity index (χ2v) is 15.2. The van der Waals surface area contributed by atoms with Gasteiger partial charge in [-0.05, 0) is 0 Å². The molecule has 26 nitrogen and oxygen atoms in total. The molecule has 6 heterocycles. The molecule has 9 atom stereocenters. The molecule has 4 aromatic heterocycles. The zero-order valence-corrected chi connectivity index (χ0v) is 28.4. The van der Waals surface area contributed by atoms with Crippen molar-refractivity contribution >= 4 is 57.4 Å². The summed E-state index contributed by atoms with van der Waals surface area (Å²) in [5, 5.41) is 39.8. The second kappa shape index (κ2) is 14.6. The predicted molar refractivity (Wildman–Crippen MR) is 165 cm³/mol. The summed E-state index contributed by atoms with van der Waals surface area (Å²) in [7, 11) is -16.7. The molecule has 0 bridgehead atoms. The van der Waals surface area contributed by atoms with Gasteiger partial charge in [-0.15, -0.1) is 6.42 Å². The fraction of sp³-hybridized carbons (Fsp3) is 0.455. The molecule has 2 aliphatic rings. The molecule has 30 heteroatoms. The van der Waals surface area contributed by atoms with Gasteiger partial charge in [-0.25, -0.2) is 33.6 Å². The number of aliphatic hydroxyl groups is 4. The zero-order chi connectivity index (χ0) is 38.4. The van der Waals surface area contributed by atoms with Crippen molar-refractivity contribution in [1.82, 2.24) is 39.0 Å². The summed E-state index contributed by atoms with van der Waals surface area (Å²) in [4.78, 5) is 58.3. The van der Waals surface area contributed by atoms with Crippen LogP contribution in [0.2, 0.25) is 0 Å². The lowest BCUT2D eigenvalue weighted by Crippen LogP contribution is -2.41. The van der Waals surface area contributed by atoms with Crippen LogP contribution in [-0.2, 0) is 36.3 Å². The Hall–Kier alpha value is -3.64. The molecule has 0 radical (unpaired) electrons. The van der Waals surface area contributed by atoms with Crippen LogP contribution in [0.5, 0.6) is 0 Å². The fourth-order valence-electron chi connectivity index (χ4n) is 4.98. The summed E-state index contributed by atoms with van der Waals surface area (Å²) < 4.78 is 72.1. The number of ether oxygens (including phenoxy) is 2. The summed E-state index contributed by atoms with van der Waals surface area (Å²) in [5.41, 5.74) is 10.4. The Labute approximate surface area is 288 Å². The number of aromatic nitrogens is 8. The van der Waals surface area contributed by atoms with E-state index < -0.39 is 85.2 Å². The molecular weight excluding hydrogens is 772 g/mol. The van der Waals surface area contributed by atoms with E-state index in [-0.39, 0.29) is 40.4 Å². The van der Waals surface area contributed by atoms with Crippen LogP contribution in [0.1, 0.15) is 18.9 Å². The third-order valence-corrected chi connectivity index (χ3v) is 11.1. The first-order valence-corrected chi connectivity index (χ1v) is 18.5. The van der Waals surface area contributed by atoms with Crippen molar-refractivity contribution < 1.29 is 80.7 Å². The minimum atomic E-state index is -5.70. The summed E-state index contributed by atoms with van der Waals surface area (Å²) >= 11 is 0. The summed E-state index contributed by atoms with van der Waals surface area (Å²) in [6.07, 6.45) is 0.259. The normalized spacial score (nSPS) is 28.6. The number of halogens is 1. The average molecular weight is 800 g/mol. The molecule has 0 aromatic carbocycles. The highest BCUT2D eigenvalue weighted by molar-refractivity contribution is 7.66. The van der Waals surface area contributed by atoms with Crippen LogP contribution in [0.3, 0.4) is 0 Å². The van der Waals surface area contributed by atoms with Gasteiger partial charge >= 0.3 is 29.5 Å². The van der Waals surface area contributed by atoms with E-state index in [0.29, 0.717) is 0 Å². The minimum Gasteiger partial charge on any atom is -0.392 e. The zero-order valence-electron chi connectivity index (χ0n) is 25.7. The van der Waals surface area contributed by atoms with Crippen LogP contribution in [-0.4, -0.2) is 122 Å². The highest BCUT2D eigenvalue weighted by Gasteiger charge is 2.49. The molecule has 284 valence electrons. The van der Waals surface area contributed by atoms with Crippen LogP contribution in [0.4, 0.5) is 16.0 Å². The largest absolute Gasteiger partial charge is 0.490 e. The van der Waals surface area contributed by atoms with Gasteiger partial charge in [0.25, 0.3) is 0 Å². The number of hydrogen-bond acceptors (Lipinski definition) is 20. The number of imidazole rings is 2. The van der Waals surface area contributed by atoms with E-state index in [4.69, 9.17) is 42.0 Å². The Bertz CT molecular complexity index is 2150. The number of terminal acetylenes is 1. The van der Waals surface area contributed by atoms with Gasteiger partial charge in [-0.1, -0.05) is 5.92 Å². The van der Waals surface area contributed by atoms with Crippen molar-refractivity contribution in [3.63, 3.8) is 0 Å². The number of anilines is 2. The molecule has 0 saturated carbocycles. The molecule has 0 spiro atoms. The van der Waals surface area contributed by atoms with E-state index in [1.807, 2.05) is 0 Å². The molecule has 2 unspecified atom stereocenters. The Balaban J connectivity index is 0.000000216. The van der Waals surface area contributed by atoms with Crippen molar-refractivity contribution in [2.45, 2.75) is 48.9 Å². The first-order chi connectivity index (χ1) is 24.2. The van der Waals surface area contributed by atoms with Gasteiger partial charge in [0.05, 0.1) is 25.9 Å². The Morgan fingerprint density at radius 3 is 2.21 bits per heavy atom. The summed E-state index contributed by atoms with van der Waals surface area (Å²) in [6.45, 7) is -1.50. The lowest BCUT2D eigenvalue weighted by atomic mass is 9.99.